The largest absolute Gasteiger partial charge is 0.471 e. The van der Waals surface area contributed by atoms with Crippen molar-refractivity contribution in [3.63, 3.8) is 0 Å². The number of nitrogens with zero attached hydrogens (tertiary/aromatic N) is 4. The molecule has 9 heteroatoms. The van der Waals surface area contributed by atoms with Crippen molar-refractivity contribution >= 4 is 5.91 Å². The minimum Gasteiger partial charge on any atom is -0.471 e. The SMILES string of the molecule is Cc1ccc(-c2noc(C)c2COc2cnc(C(=O)N[C@@H](C)CCCO)cn2)cn1. The molecule has 3 aromatic rings. The maximum absolute atomic E-state index is 12.2. The van der Waals surface area contributed by atoms with E-state index >= 15 is 0 Å². The maximum Gasteiger partial charge on any atom is 0.271 e. The van der Waals surface area contributed by atoms with Gasteiger partial charge >= 0.3 is 0 Å². The predicted octanol–water partition coefficient (Wildman–Crippen LogP) is 2.61. The average molecular weight is 411 g/mol. The molecule has 0 aromatic carbocycles. The van der Waals surface area contributed by atoms with Crippen LogP contribution in [0.15, 0.2) is 35.2 Å². The molecule has 0 aliphatic heterocycles. The number of ether oxygens (including phenoxy) is 1. The summed E-state index contributed by atoms with van der Waals surface area (Å²) >= 11 is 0. The van der Waals surface area contributed by atoms with E-state index in [0.29, 0.717) is 24.3 Å². The summed E-state index contributed by atoms with van der Waals surface area (Å²) in [4.78, 5) is 24.8. The molecule has 0 aliphatic carbocycles. The van der Waals surface area contributed by atoms with Crippen molar-refractivity contribution < 1.29 is 19.2 Å². The highest BCUT2D eigenvalue weighted by atomic mass is 16.5. The number of aryl methyl sites for hydroxylation is 2. The Balaban J connectivity index is 1.63. The van der Waals surface area contributed by atoms with Gasteiger partial charge in [-0.2, -0.15) is 0 Å². The molecule has 0 spiro atoms. The van der Waals surface area contributed by atoms with E-state index in [0.717, 1.165) is 16.8 Å². The first-order chi connectivity index (χ1) is 14.5. The Hall–Kier alpha value is -3.33. The van der Waals surface area contributed by atoms with E-state index in [1.807, 2.05) is 32.9 Å². The number of carbonyl (C=O) groups is 1. The minimum atomic E-state index is -0.316. The van der Waals surface area contributed by atoms with Crippen LogP contribution >= 0.6 is 0 Å². The molecule has 0 saturated carbocycles. The Labute approximate surface area is 174 Å². The number of aliphatic hydroxyl groups is 1. The standard InChI is InChI=1S/C21H25N5O4/c1-13-6-7-16(9-22-13)20-17(15(3)30-26-20)12-29-19-11-23-18(10-24-19)21(28)25-14(2)5-4-8-27/h6-7,9-11,14,27H,4-5,8,12H2,1-3H3,(H,25,28)/t14-/m0/s1. The fourth-order valence-corrected chi connectivity index (χ4v) is 2.82. The lowest BCUT2D eigenvalue weighted by atomic mass is 10.1. The van der Waals surface area contributed by atoms with Crippen molar-refractivity contribution in [3.8, 4) is 17.1 Å². The third-order valence-corrected chi connectivity index (χ3v) is 4.57. The molecule has 1 amide bonds. The second-order valence-corrected chi connectivity index (χ2v) is 7.02. The normalized spacial score (nSPS) is 11.9. The smallest absolute Gasteiger partial charge is 0.271 e. The number of carbonyl (C=O) groups excluding carboxylic acids is 1. The second-order valence-electron chi connectivity index (χ2n) is 7.02. The van der Waals surface area contributed by atoms with Gasteiger partial charge in [0.05, 0.1) is 18.0 Å². The monoisotopic (exact) mass is 411 g/mol. The summed E-state index contributed by atoms with van der Waals surface area (Å²) < 4.78 is 11.1. The van der Waals surface area contributed by atoms with E-state index in [-0.39, 0.29) is 36.7 Å². The van der Waals surface area contributed by atoms with Gasteiger partial charge in [-0.3, -0.25) is 9.78 Å². The highest BCUT2D eigenvalue weighted by molar-refractivity contribution is 5.92. The minimum absolute atomic E-state index is 0.0615. The summed E-state index contributed by atoms with van der Waals surface area (Å²) in [6.45, 7) is 5.89. The molecule has 3 aromatic heterocycles. The number of rotatable bonds is 9. The molecule has 3 rings (SSSR count). The third kappa shape index (κ3) is 5.38. The quantitative estimate of drug-likeness (QED) is 0.551. The molecule has 30 heavy (non-hydrogen) atoms. The number of pyridine rings is 1. The molecule has 0 fully saturated rings. The number of hydrogen-bond donors (Lipinski definition) is 2. The lowest BCUT2D eigenvalue weighted by Crippen LogP contribution is -2.33. The third-order valence-electron chi connectivity index (χ3n) is 4.57. The molecule has 0 unspecified atom stereocenters. The average Bonchev–Trinajstić information content (AvgIpc) is 3.12. The van der Waals surface area contributed by atoms with Crippen LogP contribution in [0.2, 0.25) is 0 Å². The molecule has 0 saturated heterocycles. The van der Waals surface area contributed by atoms with Gasteiger partial charge in [0.1, 0.15) is 23.8 Å². The van der Waals surface area contributed by atoms with Gasteiger partial charge in [-0.05, 0) is 45.7 Å². The molecule has 158 valence electrons. The van der Waals surface area contributed by atoms with Gasteiger partial charge in [-0.1, -0.05) is 5.16 Å². The summed E-state index contributed by atoms with van der Waals surface area (Å²) in [6, 6.07) is 3.77. The fraction of sp³-hybridized carbons (Fsp3) is 0.381. The fourth-order valence-electron chi connectivity index (χ4n) is 2.82. The topological polar surface area (TPSA) is 123 Å². The summed E-state index contributed by atoms with van der Waals surface area (Å²) in [5.41, 5.74) is 3.41. The van der Waals surface area contributed by atoms with Gasteiger partial charge in [0.2, 0.25) is 5.88 Å². The summed E-state index contributed by atoms with van der Waals surface area (Å²) in [5, 5.41) is 15.8. The van der Waals surface area contributed by atoms with Crippen LogP contribution in [0.1, 0.15) is 47.3 Å². The Bertz CT molecular complexity index is 970. The number of amides is 1. The lowest BCUT2D eigenvalue weighted by molar-refractivity contribution is 0.0930. The molecule has 3 heterocycles. The Morgan fingerprint density at radius 1 is 1.20 bits per heavy atom. The van der Waals surface area contributed by atoms with Crippen LogP contribution in [0.4, 0.5) is 0 Å². The first-order valence-corrected chi connectivity index (χ1v) is 9.72. The lowest BCUT2D eigenvalue weighted by Gasteiger charge is -2.12. The van der Waals surface area contributed by atoms with Gasteiger partial charge in [0.25, 0.3) is 5.91 Å². The summed E-state index contributed by atoms with van der Waals surface area (Å²) in [5.74, 6) is 0.614. The van der Waals surface area contributed by atoms with Crippen LogP contribution in [0, 0.1) is 13.8 Å². The van der Waals surface area contributed by atoms with E-state index in [2.05, 4.69) is 25.4 Å². The van der Waals surface area contributed by atoms with Crippen molar-refractivity contribution in [2.24, 2.45) is 0 Å². The number of nitrogens with one attached hydrogen (secondary N) is 1. The van der Waals surface area contributed by atoms with E-state index in [9.17, 15) is 4.79 Å². The van der Waals surface area contributed by atoms with E-state index in [1.165, 1.54) is 12.4 Å². The predicted molar refractivity (Wildman–Crippen MR) is 109 cm³/mol. The van der Waals surface area contributed by atoms with Crippen LogP contribution in [0.3, 0.4) is 0 Å². The van der Waals surface area contributed by atoms with Gasteiger partial charge in [-0.15, -0.1) is 0 Å². The zero-order valence-electron chi connectivity index (χ0n) is 17.3. The van der Waals surface area contributed by atoms with E-state index in [1.54, 1.807) is 6.20 Å². The zero-order chi connectivity index (χ0) is 21.5. The van der Waals surface area contributed by atoms with Crippen molar-refractivity contribution in [2.45, 2.75) is 46.3 Å². The van der Waals surface area contributed by atoms with Crippen LogP contribution in [-0.2, 0) is 6.61 Å². The Kier molecular flexibility index (Phi) is 7.08. The molecular weight excluding hydrogens is 386 g/mol. The molecule has 9 nitrogen and oxygen atoms in total. The molecule has 0 radical (unpaired) electrons. The van der Waals surface area contributed by atoms with Gasteiger partial charge in [-0.25, -0.2) is 9.97 Å². The summed E-state index contributed by atoms with van der Waals surface area (Å²) in [6.07, 6.45) is 5.83. The van der Waals surface area contributed by atoms with Crippen molar-refractivity contribution in [1.29, 1.82) is 0 Å². The van der Waals surface area contributed by atoms with Crippen molar-refractivity contribution in [2.75, 3.05) is 6.61 Å². The molecule has 0 aliphatic rings. The van der Waals surface area contributed by atoms with Gasteiger partial charge < -0.3 is 19.7 Å². The van der Waals surface area contributed by atoms with E-state index in [4.69, 9.17) is 14.4 Å². The second kappa shape index (κ2) is 9.93. The Morgan fingerprint density at radius 2 is 2.03 bits per heavy atom. The van der Waals surface area contributed by atoms with Crippen LogP contribution in [0.25, 0.3) is 11.3 Å². The first kappa shape index (κ1) is 21.4. The van der Waals surface area contributed by atoms with Gasteiger partial charge in [0, 0.05) is 30.1 Å². The highest BCUT2D eigenvalue weighted by Gasteiger charge is 2.17. The number of hydrogen-bond acceptors (Lipinski definition) is 8. The van der Waals surface area contributed by atoms with Crippen LogP contribution < -0.4 is 10.1 Å². The summed E-state index contributed by atoms with van der Waals surface area (Å²) in [7, 11) is 0. The Morgan fingerprint density at radius 3 is 2.70 bits per heavy atom. The van der Waals surface area contributed by atoms with E-state index < -0.39 is 0 Å². The van der Waals surface area contributed by atoms with Crippen molar-refractivity contribution in [1.82, 2.24) is 25.4 Å². The molecule has 1 atom stereocenters. The zero-order valence-corrected chi connectivity index (χ0v) is 17.3. The number of aliphatic hydroxyl groups excluding tert-OH is 1. The number of aromatic nitrogens is 4. The molecular formula is C21H25N5O4. The molecule has 0 bridgehead atoms. The molecule has 2 N–H and O–H groups in total. The van der Waals surface area contributed by atoms with Crippen LogP contribution in [-0.4, -0.2) is 43.8 Å². The van der Waals surface area contributed by atoms with Gasteiger partial charge in [0.15, 0.2) is 0 Å². The van der Waals surface area contributed by atoms with Crippen molar-refractivity contribution in [3.05, 3.63) is 53.4 Å². The highest BCUT2D eigenvalue weighted by Crippen LogP contribution is 2.25. The first-order valence-electron chi connectivity index (χ1n) is 9.72. The maximum atomic E-state index is 12.2. The van der Waals surface area contributed by atoms with Crippen LogP contribution in [0.5, 0.6) is 5.88 Å².